The summed E-state index contributed by atoms with van der Waals surface area (Å²) < 4.78 is 6.19. The molecule has 0 aliphatic rings. The molecule has 0 aliphatic carbocycles. The summed E-state index contributed by atoms with van der Waals surface area (Å²) in [5.74, 6) is 1.78. The van der Waals surface area contributed by atoms with E-state index in [-0.39, 0.29) is 0 Å². The molecule has 4 nitrogen and oxygen atoms in total. The summed E-state index contributed by atoms with van der Waals surface area (Å²) >= 11 is 6.56. The molecule has 5 heteroatoms. The Morgan fingerprint density at radius 3 is 1.93 bits per heavy atom. The molecular weight excluding hydrogens is 514 g/mol. The Balaban J connectivity index is 1.40. The molecule has 0 unspecified atom stereocenters. The third-order valence-electron chi connectivity index (χ3n) is 7.41. The van der Waals surface area contributed by atoms with Crippen LogP contribution in [0.15, 0.2) is 126 Å². The Bertz CT molecular complexity index is 2250. The Morgan fingerprint density at radius 1 is 0.450 bits per heavy atom. The minimum atomic E-state index is 0.578. The molecule has 0 radical (unpaired) electrons. The van der Waals surface area contributed by atoms with Crippen molar-refractivity contribution in [1.29, 1.82) is 0 Å². The first kappa shape index (κ1) is 22.9. The van der Waals surface area contributed by atoms with Crippen molar-refractivity contribution in [2.45, 2.75) is 0 Å². The van der Waals surface area contributed by atoms with Crippen LogP contribution in [0.3, 0.4) is 0 Å². The molecule has 8 aromatic rings. The van der Waals surface area contributed by atoms with Crippen molar-refractivity contribution in [3.8, 4) is 34.2 Å². The number of fused-ring (bicyclic) bond motifs is 5. The SMILES string of the molecule is Clc1ccc(-c2nc(-c3ccc4c(c3)oc3ccccc34)nc(-c3cccc4ccccc34)n2)c2ccccc12. The van der Waals surface area contributed by atoms with Gasteiger partial charge < -0.3 is 4.42 Å². The fourth-order valence-corrected chi connectivity index (χ4v) is 5.72. The number of hydrogen-bond acceptors (Lipinski definition) is 4. The molecule has 0 bridgehead atoms. The summed E-state index contributed by atoms with van der Waals surface area (Å²) in [6.07, 6.45) is 0. The summed E-state index contributed by atoms with van der Waals surface area (Å²) in [6.45, 7) is 0. The van der Waals surface area contributed by atoms with Crippen molar-refractivity contribution < 1.29 is 4.42 Å². The van der Waals surface area contributed by atoms with E-state index in [0.717, 1.165) is 60.2 Å². The van der Waals surface area contributed by atoms with Gasteiger partial charge in [-0.2, -0.15) is 0 Å². The Labute approximate surface area is 234 Å². The van der Waals surface area contributed by atoms with Crippen molar-refractivity contribution in [3.05, 3.63) is 126 Å². The second-order valence-electron chi connectivity index (χ2n) is 9.78. The third kappa shape index (κ3) is 3.65. The van der Waals surface area contributed by atoms with Crippen molar-refractivity contribution in [2.75, 3.05) is 0 Å². The van der Waals surface area contributed by atoms with Crippen molar-refractivity contribution in [3.63, 3.8) is 0 Å². The van der Waals surface area contributed by atoms with E-state index in [9.17, 15) is 0 Å². The van der Waals surface area contributed by atoms with Crippen LogP contribution in [-0.2, 0) is 0 Å². The van der Waals surface area contributed by atoms with Crippen LogP contribution in [0, 0.1) is 0 Å². The fourth-order valence-electron chi connectivity index (χ4n) is 5.49. The molecule has 0 aliphatic heterocycles. The van der Waals surface area contributed by atoms with Gasteiger partial charge >= 0.3 is 0 Å². The second kappa shape index (κ2) is 9.01. The molecule has 0 amide bonds. The largest absolute Gasteiger partial charge is 0.456 e. The summed E-state index contributed by atoms with van der Waals surface area (Å²) in [5, 5.41) is 7.00. The van der Waals surface area contributed by atoms with Crippen LogP contribution in [0.25, 0.3) is 77.6 Å². The first-order valence-corrected chi connectivity index (χ1v) is 13.4. The minimum absolute atomic E-state index is 0.578. The van der Waals surface area contributed by atoms with Gasteiger partial charge in [0.1, 0.15) is 11.2 Å². The lowest BCUT2D eigenvalue weighted by Gasteiger charge is -2.12. The first-order chi connectivity index (χ1) is 19.7. The van der Waals surface area contributed by atoms with Gasteiger partial charge in [-0.25, -0.2) is 15.0 Å². The van der Waals surface area contributed by atoms with Gasteiger partial charge in [-0.05, 0) is 46.5 Å². The molecular formula is C35H20ClN3O. The molecule has 0 fully saturated rings. The monoisotopic (exact) mass is 533 g/mol. The average molecular weight is 534 g/mol. The van der Waals surface area contributed by atoms with Crippen molar-refractivity contribution in [1.82, 2.24) is 15.0 Å². The zero-order valence-electron chi connectivity index (χ0n) is 21.2. The molecule has 0 atom stereocenters. The standard InChI is InChI=1S/C35H20ClN3O/c36-30-19-18-29(24-11-3-4-12-25(24)30)35-38-33(22-16-17-27-26-13-5-6-15-31(26)40-32(27)20-22)37-34(39-35)28-14-7-9-21-8-1-2-10-23(21)28/h1-20H. The van der Waals surface area contributed by atoms with Gasteiger partial charge in [-0.3, -0.25) is 0 Å². The van der Waals surface area contributed by atoms with Crippen LogP contribution < -0.4 is 0 Å². The molecule has 0 spiro atoms. The highest BCUT2D eigenvalue weighted by atomic mass is 35.5. The molecule has 8 rings (SSSR count). The highest BCUT2D eigenvalue weighted by Gasteiger charge is 2.17. The number of halogens is 1. The van der Waals surface area contributed by atoms with Gasteiger partial charge in [0, 0.05) is 37.9 Å². The number of benzene rings is 6. The normalized spacial score (nSPS) is 11.6. The fraction of sp³-hybridized carbons (Fsp3) is 0. The van der Waals surface area contributed by atoms with E-state index in [1.54, 1.807) is 0 Å². The van der Waals surface area contributed by atoms with E-state index < -0.39 is 0 Å². The second-order valence-corrected chi connectivity index (χ2v) is 10.2. The number of rotatable bonds is 3. The number of nitrogens with zero attached hydrogens (tertiary/aromatic N) is 3. The highest BCUT2D eigenvalue weighted by molar-refractivity contribution is 6.36. The van der Waals surface area contributed by atoms with Crippen LogP contribution in [0.5, 0.6) is 0 Å². The van der Waals surface area contributed by atoms with Crippen molar-refractivity contribution in [2.24, 2.45) is 0 Å². The third-order valence-corrected chi connectivity index (χ3v) is 7.74. The molecule has 0 saturated heterocycles. The minimum Gasteiger partial charge on any atom is -0.456 e. The van der Waals surface area contributed by atoms with E-state index in [1.807, 2.05) is 72.8 Å². The Kier molecular flexibility index (Phi) is 5.15. The number of hydrogen-bond donors (Lipinski definition) is 0. The maximum atomic E-state index is 6.56. The predicted octanol–water partition coefficient (Wildman–Crippen LogP) is 9.73. The maximum Gasteiger partial charge on any atom is 0.164 e. The number of aromatic nitrogens is 3. The average Bonchev–Trinajstić information content (AvgIpc) is 3.39. The molecule has 40 heavy (non-hydrogen) atoms. The Morgan fingerprint density at radius 2 is 1.07 bits per heavy atom. The van der Waals surface area contributed by atoms with Crippen LogP contribution >= 0.6 is 11.6 Å². The van der Waals surface area contributed by atoms with E-state index in [0.29, 0.717) is 22.5 Å². The molecule has 2 aromatic heterocycles. The zero-order valence-corrected chi connectivity index (χ0v) is 21.9. The summed E-state index contributed by atoms with van der Waals surface area (Å²) in [6, 6.07) is 40.7. The van der Waals surface area contributed by atoms with E-state index >= 15 is 0 Å². The van der Waals surface area contributed by atoms with Gasteiger partial charge in [0.2, 0.25) is 0 Å². The number of furan rings is 1. The molecule has 0 N–H and O–H groups in total. The van der Waals surface area contributed by atoms with Gasteiger partial charge in [0.25, 0.3) is 0 Å². The van der Waals surface area contributed by atoms with Crippen LogP contribution in [0.4, 0.5) is 0 Å². The molecule has 0 saturated carbocycles. The molecule has 6 aromatic carbocycles. The lowest BCUT2D eigenvalue weighted by atomic mass is 10.0. The number of para-hydroxylation sites is 1. The van der Waals surface area contributed by atoms with Gasteiger partial charge in [0.15, 0.2) is 17.5 Å². The first-order valence-electron chi connectivity index (χ1n) is 13.1. The topological polar surface area (TPSA) is 51.8 Å². The highest BCUT2D eigenvalue weighted by Crippen LogP contribution is 2.36. The van der Waals surface area contributed by atoms with Crippen molar-refractivity contribution >= 4 is 55.1 Å². The maximum absolute atomic E-state index is 6.56. The van der Waals surface area contributed by atoms with E-state index in [2.05, 4.69) is 48.5 Å². The lowest BCUT2D eigenvalue weighted by Crippen LogP contribution is -2.01. The van der Waals surface area contributed by atoms with Gasteiger partial charge in [-0.1, -0.05) is 103 Å². The van der Waals surface area contributed by atoms with E-state index in [1.165, 1.54) is 0 Å². The molecule has 2 heterocycles. The van der Waals surface area contributed by atoms with E-state index in [4.69, 9.17) is 31.0 Å². The summed E-state index contributed by atoms with van der Waals surface area (Å²) in [5.41, 5.74) is 4.36. The summed E-state index contributed by atoms with van der Waals surface area (Å²) in [4.78, 5) is 15.1. The summed E-state index contributed by atoms with van der Waals surface area (Å²) in [7, 11) is 0. The van der Waals surface area contributed by atoms with Gasteiger partial charge in [-0.15, -0.1) is 0 Å². The van der Waals surface area contributed by atoms with Crippen LogP contribution in [-0.4, -0.2) is 15.0 Å². The Hall–Kier alpha value is -5.06. The zero-order chi connectivity index (χ0) is 26.6. The molecule has 188 valence electrons. The smallest absolute Gasteiger partial charge is 0.164 e. The van der Waals surface area contributed by atoms with Gasteiger partial charge in [0.05, 0.1) is 0 Å². The van der Waals surface area contributed by atoms with Crippen LogP contribution in [0.1, 0.15) is 0 Å². The van der Waals surface area contributed by atoms with Crippen LogP contribution in [0.2, 0.25) is 5.02 Å². The quantitative estimate of drug-likeness (QED) is 0.227. The predicted molar refractivity (Wildman–Crippen MR) is 163 cm³/mol. The lowest BCUT2D eigenvalue weighted by molar-refractivity contribution is 0.669.